The van der Waals surface area contributed by atoms with E-state index in [0.29, 0.717) is 0 Å². The maximum Gasteiger partial charge on any atom is 0.159 e. The van der Waals surface area contributed by atoms with Gasteiger partial charge in [-0.25, -0.2) is 0 Å². The first-order chi connectivity index (χ1) is 24.8. The fraction of sp³-hybridized carbons (Fsp3) is 0. The second kappa shape index (κ2) is 11.5. The fourth-order valence-electron chi connectivity index (χ4n) is 7.74. The summed E-state index contributed by atoms with van der Waals surface area (Å²) in [6.45, 7) is 0. The number of hydrogen-bond donors (Lipinski definition) is 0. The first-order valence-corrected chi connectivity index (χ1v) is 17.1. The van der Waals surface area contributed by atoms with Gasteiger partial charge in [-0.3, -0.25) is 0 Å². The van der Waals surface area contributed by atoms with Gasteiger partial charge in [0.05, 0.1) is 11.4 Å². The van der Waals surface area contributed by atoms with Gasteiger partial charge in [-0.15, -0.1) is 0 Å². The molecule has 1 heterocycles. The highest BCUT2D eigenvalue weighted by Crippen LogP contribution is 2.54. The van der Waals surface area contributed by atoms with Crippen LogP contribution in [0.5, 0.6) is 11.5 Å². The summed E-state index contributed by atoms with van der Waals surface area (Å²) in [7, 11) is 0. The summed E-state index contributed by atoms with van der Waals surface area (Å²) in [6, 6.07) is 67.4. The van der Waals surface area contributed by atoms with Gasteiger partial charge in [0.25, 0.3) is 0 Å². The number of anilines is 3. The molecule has 1 aliphatic rings. The Hall–Kier alpha value is -6.64. The minimum atomic E-state index is 0.832. The first kappa shape index (κ1) is 28.4. The fourth-order valence-corrected chi connectivity index (χ4v) is 7.74. The van der Waals surface area contributed by atoms with Gasteiger partial charge >= 0.3 is 0 Å². The van der Waals surface area contributed by atoms with E-state index in [1.807, 2.05) is 0 Å². The van der Waals surface area contributed by atoms with Crippen molar-refractivity contribution < 1.29 is 4.74 Å². The Labute approximate surface area is 291 Å². The summed E-state index contributed by atoms with van der Waals surface area (Å²) in [6.07, 6.45) is 0. The van der Waals surface area contributed by atoms with Gasteiger partial charge in [0.15, 0.2) is 5.75 Å². The zero-order chi connectivity index (χ0) is 33.0. The van der Waals surface area contributed by atoms with E-state index in [0.717, 1.165) is 45.3 Å². The van der Waals surface area contributed by atoms with Crippen molar-refractivity contribution in [2.24, 2.45) is 0 Å². The molecule has 9 aromatic carbocycles. The van der Waals surface area contributed by atoms with Crippen LogP contribution in [0.4, 0.5) is 17.1 Å². The minimum Gasteiger partial charge on any atom is -0.454 e. The molecular formula is C48H31NO. The minimum absolute atomic E-state index is 0.832. The van der Waals surface area contributed by atoms with E-state index in [4.69, 9.17) is 4.74 Å². The number of ether oxygens (including phenoxy) is 1. The van der Waals surface area contributed by atoms with Gasteiger partial charge in [-0.1, -0.05) is 158 Å². The number of nitrogens with zero attached hydrogens (tertiary/aromatic N) is 1. The summed E-state index contributed by atoms with van der Waals surface area (Å²) >= 11 is 0. The molecule has 2 nitrogen and oxygen atoms in total. The molecular weight excluding hydrogens is 607 g/mol. The number of fused-ring (bicyclic) bond motifs is 10. The molecule has 10 rings (SSSR count). The molecule has 9 aromatic rings. The zero-order valence-electron chi connectivity index (χ0n) is 27.3. The van der Waals surface area contributed by atoms with Crippen molar-refractivity contribution in [1.82, 2.24) is 0 Å². The zero-order valence-corrected chi connectivity index (χ0v) is 27.3. The van der Waals surface area contributed by atoms with Crippen LogP contribution in [0, 0.1) is 0 Å². The lowest BCUT2D eigenvalue weighted by Crippen LogP contribution is -2.12. The summed E-state index contributed by atoms with van der Waals surface area (Å²) < 4.78 is 7.20. The molecule has 0 radical (unpaired) electrons. The van der Waals surface area contributed by atoms with Crippen LogP contribution in [-0.2, 0) is 0 Å². The second-order valence-corrected chi connectivity index (χ2v) is 12.9. The SMILES string of the molecule is c1ccc(-c2ccc(N(c3cccc4c3Oc3ccc5ccccc5c3-c3ccccc3-4)c3cc4ccccc4c4ccccc34)cc2)cc1. The Bertz CT molecular complexity index is 2730. The highest BCUT2D eigenvalue weighted by Gasteiger charge is 2.28. The van der Waals surface area contributed by atoms with Crippen LogP contribution >= 0.6 is 0 Å². The number of rotatable bonds is 4. The van der Waals surface area contributed by atoms with E-state index in [2.05, 4.69) is 193 Å². The molecule has 1 aliphatic heterocycles. The average Bonchev–Trinajstić information content (AvgIpc) is 3.34. The standard InChI is InChI=1S/C48H31NO/c1-2-13-32(14-3-1)33-25-28-36(29-26-33)49(45-31-35-16-5-6-17-37(35)39-19-8-10-21-41(39)45)44-24-12-23-43-40-20-9-11-22-42(40)47-38-18-7-4-15-34(38)27-30-46(47)50-48(43)44/h1-31H. The molecule has 0 bridgehead atoms. The molecule has 0 saturated carbocycles. The molecule has 0 unspecified atom stereocenters. The van der Waals surface area contributed by atoms with Crippen molar-refractivity contribution in [2.75, 3.05) is 4.90 Å². The van der Waals surface area contributed by atoms with E-state index in [1.165, 1.54) is 49.0 Å². The third-order valence-corrected chi connectivity index (χ3v) is 10.0. The monoisotopic (exact) mass is 637 g/mol. The quantitative estimate of drug-likeness (QED) is 0.178. The highest BCUT2D eigenvalue weighted by atomic mass is 16.5. The second-order valence-electron chi connectivity index (χ2n) is 12.9. The van der Waals surface area contributed by atoms with Crippen LogP contribution in [-0.4, -0.2) is 0 Å². The molecule has 0 aliphatic carbocycles. The molecule has 0 amide bonds. The van der Waals surface area contributed by atoms with Crippen LogP contribution < -0.4 is 9.64 Å². The lowest BCUT2D eigenvalue weighted by molar-refractivity contribution is 0.489. The molecule has 0 aromatic heterocycles. The van der Waals surface area contributed by atoms with Crippen molar-refractivity contribution in [1.29, 1.82) is 0 Å². The first-order valence-electron chi connectivity index (χ1n) is 17.1. The van der Waals surface area contributed by atoms with Crippen LogP contribution in [0.25, 0.3) is 65.7 Å². The topological polar surface area (TPSA) is 12.5 Å². The predicted octanol–water partition coefficient (Wildman–Crippen LogP) is 13.7. The van der Waals surface area contributed by atoms with Crippen LogP contribution in [0.15, 0.2) is 188 Å². The smallest absolute Gasteiger partial charge is 0.159 e. The van der Waals surface area contributed by atoms with E-state index in [-0.39, 0.29) is 0 Å². The van der Waals surface area contributed by atoms with Crippen LogP contribution in [0.1, 0.15) is 0 Å². The van der Waals surface area contributed by atoms with Gasteiger partial charge in [0.1, 0.15) is 5.75 Å². The van der Waals surface area contributed by atoms with Crippen molar-refractivity contribution >= 4 is 49.4 Å². The average molecular weight is 638 g/mol. The Morgan fingerprint density at radius 2 is 0.980 bits per heavy atom. The summed E-state index contributed by atoms with van der Waals surface area (Å²) in [5.74, 6) is 1.68. The molecule has 0 atom stereocenters. The largest absolute Gasteiger partial charge is 0.454 e. The van der Waals surface area contributed by atoms with E-state index in [9.17, 15) is 0 Å². The number of para-hydroxylation sites is 1. The van der Waals surface area contributed by atoms with E-state index in [1.54, 1.807) is 0 Å². The normalized spacial score (nSPS) is 11.8. The molecule has 0 saturated heterocycles. The van der Waals surface area contributed by atoms with Gasteiger partial charge in [-0.05, 0) is 79.5 Å². The summed E-state index contributed by atoms with van der Waals surface area (Å²) in [5.41, 5.74) is 10.0. The van der Waals surface area contributed by atoms with Crippen molar-refractivity contribution in [3.8, 4) is 44.9 Å². The maximum absolute atomic E-state index is 7.20. The number of hydrogen-bond acceptors (Lipinski definition) is 2. The third-order valence-electron chi connectivity index (χ3n) is 10.0. The molecule has 234 valence electrons. The van der Waals surface area contributed by atoms with E-state index >= 15 is 0 Å². The van der Waals surface area contributed by atoms with Crippen molar-refractivity contribution in [2.45, 2.75) is 0 Å². The number of benzene rings is 9. The van der Waals surface area contributed by atoms with Crippen LogP contribution in [0.3, 0.4) is 0 Å². The summed E-state index contributed by atoms with van der Waals surface area (Å²) in [4.78, 5) is 2.39. The molecule has 0 fully saturated rings. The van der Waals surface area contributed by atoms with Gasteiger partial charge in [0, 0.05) is 22.2 Å². The summed E-state index contributed by atoms with van der Waals surface area (Å²) in [5, 5.41) is 7.20. The third kappa shape index (κ3) is 4.50. The molecule has 2 heteroatoms. The maximum atomic E-state index is 7.20. The van der Waals surface area contributed by atoms with E-state index < -0.39 is 0 Å². The Morgan fingerprint density at radius 3 is 1.80 bits per heavy atom. The molecule has 50 heavy (non-hydrogen) atoms. The van der Waals surface area contributed by atoms with Crippen molar-refractivity contribution in [3.63, 3.8) is 0 Å². The van der Waals surface area contributed by atoms with Gasteiger partial charge < -0.3 is 9.64 Å². The Morgan fingerprint density at radius 1 is 0.360 bits per heavy atom. The predicted molar refractivity (Wildman–Crippen MR) is 210 cm³/mol. The van der Waals surface area contributed by atoms with Crippen LogP contribution in [0.2, 0.25) is 0 Å². The lowest BCUT2D eigenvalue weighted by Gasteiger charge is -2.30. The van der Waals surface area contributed by atoms with Gasteiger partial charge in [-0.2, -0.15) is 0 Å². The molecule has 0 spiro atoms. The Balaban J connectivity index is 1.27. The Kier molecular flexibility index (Phi) is 6.53. The molecule has 0 N–H and O–H groups in total. The van der Waals surface area contributed by atoms with Gasteiger partial charge in [0.2, 0.25) is 0 Å². The lowest BCUT2D eigenvalue weighted by atomic mass is 9.91. The van der Waals surface area contributed by atoms with Crippen molar-refractivity contribution in [3.05, 3.63) is 188 Å². The highest BCUT2D eigenvalue weighted by molar-refractivity contribution is 6.15.